The lowest BCUT2D eigenvalue weighted by Crippen LogP contribution is -2.70. The average Bonchev–Trinajstić information content (AvgIpc) is 0.766. The molecular formula is C70H118N2O56. The van der Waals surface area contributed by atoms with Gasteiger partial charge < -0.3 is 279 Å². The number of rotatable bonds is 33. The Kier molecular flexibility index (Phi) is 37.7. The summed E-state index contributed by atoms with van der Waals surface area (Å²) >= 11 is 0. The van der Waals surface area contributed by atoms with Gasteiger partial charge in [0.15, 0.2) is 69.2 Å². The molecule has 0 saturated carbocycles. The van der Waals surface area contributed by atoms with Gasteiger partial charge in [0, 0.05) is 13.8 Å². The molecule has 1 unspecified atom stereocenters. The van der Waals surface area contributed by atoms with E-state index < -0.39 is 422 Å². The SMILES string of the molecule is CC(=O)N[C@H]1[C@H](O[C@H]2[C@H](O)[C@@H](NC(C)=O)C(O)O[C@@H]2CO)O[C@H](CO)[C@@H](O[C@@H]2O[C@H](CO[C@H]3O[C@H](CO[C@H]4O[C@H](CO)[C@@H](O)[C@H](O)[C@@H]4O)[C@@H](O)[C@H](O[C@H]4O[C@H](CO)[C@@H](O)[C@@H](O)[C@@H]4O[C@H]4O[C@H](CO)[C@@H](O)[C@H](O)[C@@H]4O)[C@@H]3O)[C@@H](O)[C@H](O[C@H]3O[C@H](CO)[C@@H](O)[C@H](O)[C@@H]3O[C@H]3O[C@H](CO)[C@@H](O)[C@H](O)[C@@H]3O[C@H]3O[C@H](CO)[C@@H](O)[C@H](O[C@H]4O[C@H](CO)[C@@H](O)[C@H](O)[C@H]4O)[C@@H]3O)[C@@H]2O)[C@@H]1O. The van der Waals surface area contributed by atoms with E-state index in [9.17, 15) is 178 Å². The van der Waals surface area contributed by atoms with E-state index in [1.54, 1.807) is 0 Å². The zero-order valence-electron chi connectivity index (χ0n) is 67.7. The number of carbonyl (C=O) groups excluding carboxylic acids is 2. The third-order valence-electron chi connectivity index (χ3n) is 23.8. The Bertz CT molecular complexity index is 3380. The molecule has 0 aromatic carbocycles. The molecule has 11 aliphatic rings. The molecule has 0 aliphatic carbocycles. The molecule has 0 aromatic heterocycles. The van der Waals surface area contributed by atoms with Gasteiger partial charge >= 0.3 is 0 Å². The van der Waals surface area contributed by atoms with E-state index in [4.69, 9.17) is 99.5 Å². The maximum absolute atomic E-state index is 13.1. The third kappa shape index (κ3) is 22.5. The fourth-order valence-corrected chi connectivity index (χ4v) is 16.5. The molecule has 128 heavy (non-hydrogen) atoms. The lowest BCUT2D eigenvalue weighted by atomic mass is 9.94. The van der Waals surface area contributed by atoms with Gasteiger partial charge in [-0.05, 0) is 0 Å². The second-order valence-corrected chi connectivity index (χ2v) is 32.3. The van der Waals surface area contributed by atoms with Crippen LogP contribution in [-0.4, -0.2) is 591 Å². The number of aliphatic hydroxyl groups excluding tert-OH is 33. The van der Waals surface area contributed by atoms with Gasteiger partial charge in [-0.2, -0.15) is 0 Å². The van der Waals surface area contributed by atoms with E-state index in [-0.39, 0.29) is 0 Å². The number of carbonyl (C=O) groups is 2. The summed E-state index contributed by atoms with van der Waals surface area (Å²) < 4.78 is 123. The van der Waals surface area contributed by atoms with Gasteiger partial charge in [-0.3, -0.25) is 9.59 Å². The van der Waals surface area contributed by atoms with Crippen molar-refractivity contribution in [3.63, 3.8) is 0 Å². The summed E-state index contributed by atoms with van der Waals surface area (Å²) in [6.07, 6.45) is -117. The van der Waals surface area contributed by atoms with Crippen LogP contribution in [0.3, 0.4) is 0 Å². The summed E-state index contributed by atoms with van der Waals surface area (Å²) in [6.45, 7) is -10.8. The van der Waals surface area contributed by atoms with Crippen LogP contribution in [0.2, 0.25) is 0 Å². The molecule has 0 radical (unpaired) electrons. The van der Waals surface area contributed by atoms with E-state index in [0.717, 1.165) is 13.8 Å². The maximum Gasteiger partial charge on any atom is 0.217 e. The minimum Gasteiger partial charge on any atom is -0.394 e. The van der Waals surface area contributed by atoms with Crippen LogP contribution in [0.15, 0.2) is 0 Å². The monoisotopic (exact) mass is 1880 g/mol. The van der Waals surface area contributed by atoms with Gasteiger partial charge in [0.2, 0.25) is 11.8 Å². The zero-order chi connectivity index (χ0) is 94.0. The standard InChI is InChI=1S/C70H118N2O56/c1-14(82)71-27-38(93)52(23(10-80)110-60(27)107)121-61-28(72-15(2)83)39(94)53(24(11-81)118-61)122-67-51(106)56(125-69-59(45(100)34(89)20(7-77)116-69)128-70-58(44(99)33(88)21(8-78)117-70)127-66-50(105)54(35(90)22(9-79)114-66)123-64-47(102)41(96)30(85)17(4-74)112-64)37(92)26(120-67)13-109-63-49(104)55(36(91)25(119-63)12-108-62-46(101)40(95)29(84)16(3-73)111-62)124-68-57(43(98)32(87)19(6-76)115-68)126-65-48(103)42(97)31(86)18(5-75)113-65/h16-70,73-81,84-107H,3-13H2,1-2H3,(H,71,82)(H,72,83)/t16-,17-,18-,19-,20-,21-,22-,23-,24-,25-,26-,27-,28-,29-,30-,31-,32-,33-,34-,35-,36-,37-,38-,39-,40+,41+,42+,43-,44+,45+,46+,47-,48+,49+,50+,51+,52-,53-,54+,55+,56+,57+,58+,59+,60?,61+,62+,63+,64-,65-,66-,67+,68-,69-,70-/m1/s1. The number of hydrogen-bond donors (Lipinski definition) is 35. The molecule has 0 aromatic rings. The van der Waals surface area contributed by atoms with Crippen molar-refractivity contribution in [3.05, 3.63) is 0 Å². The van der Waals surface area contributed by atoms with Gasteiger partial charge in [0.1, 0.15) is 268 Å². The van der Waals surface area contributed by atoms with Crippen LogP contribution >= 0.6 is 0 Å². The number of amides is 2. The first-order valence-electron chi connectivity index (χ1n) is 40.7. The minimum atomic E-state index is -2.70. The third-order valence-corrected chi connectivity index (χ3v) is 23.8. The average molecular weight is 1880 g/mol. The van der Waals surface area contributed by atoms with E-state index in [2.05, 4.69) is 10.6 Å². The van der Waals surface area contributed by atoms with Crippen LogP contribution in [0.4, 0.5) is 0 Å². The normalized spacial score (nSPS) is 51.7. The van der Waals surface area contributed by atoms with E-state index in [1.807, 2.05) is 0 Å². The Hall–Kier alpha value is -3.22. The van der Waals surface area contributed by atoms with Crippen molar-refractivity contribution < 1.29 is 278 Å². The molecule has 2 amide bonds. The molecule has 11 rings (SSSR count). The first-order valence-corrected chi connectivity index (χ1v) is 40.7. The fraction of sp³-hybridized carbons (Fsp3) is 0.971. The van der Waals surface area contributed by atoms with Crippen LogP contribution in [0.1, 0.15) is 13.8 Å². The van der Waals surface area contributed by atoms with Crippen molar-refractivity contribution in [3.8, 4) is 0 Å². The summed E-state index contributed by atoms with van der Waals surface area (Å²) in [4.78, 5) is 25.3. The Morgan fingerprint density at radius 3 is 0.781 bits per heavy atom. The topological polar surface area (TPSA) is 920 Å². The van der Waals surface area contributed by atoms with Crippen LogP contribution in [0, 0.1) is 0 Å². The molecule has 0 spiro atoms. The maximum atomic E-state index is 13.1. The summed E-state index contributed by atoms with van der Waals surface area (Å²) in [7, 11) is 0. The van der Waals surface area contributed by atoms with Crippen molar-refractivity contribution in [2.75, 3.05) is 72.7 Å². The molecule has 744 valence electrons. The minimum absolute atomic E-state index is 0.823. The lowest BCUT2D eigenvalue weighted by molar-refractivity contribution is -0.411. The summed E-state index contributed by atoms with van der Waals surface area (Å²) in [5.41, 5.74) is 0. The highest BCUT2D eigenvalue weighted by Gasteiger charge is 2.63. The molecule has 11 saturated heterocycles. The number of nitrogens with one attached hydrogen (secondary N) is 2. The molecular weight excluding hydrogens is 1760 g/mol. The quantitative estimate of drug-likeness (QED) is 0.0290. The fourth-order valence-electron chi connectivity index (χ4n) is 16.5. The highest BCUT2D eigenvalue weighted by Crippen LogP contribution is 2.42. The van der Waals surface area contributed by atoms with E-state index in [1.165, 1.54) is 0 Å². The first-order chi connectivity index (χ1) is 60.7. The van der Waals surface area contributed by atoms with Crippen molar-refractivity contribution in [1.29, 1.82) is 0 Å². The van der Waals surface area contributed by atoms with Gasteiger partial charge in [0.25, 0.3) is 0 Å². The largest absolute Gasteiger partial charge is 0.394 e. The second kappa shape index (κ2) is 45.8. The van der Waals surface area contributed by atoms with Gasteiger partial charge in [-0.15, -0.1) is 0 Å². The Morgan fingerprint density at radius 1 is 0.203 bits per heavy atom. The molecule has 11 fully saturated rings. The summed E-state index contributed by atoms with van der Waals surface area (Å²) in [5, 5.41) is 372. The Morgan fingerprint density at radius 2 is 0.422 bits per heavy atom. The van der Waals surface area contributed by atoms with E-state index in [0.29, 0.717) is 0 Å². The summed E-state index contributed by atoms with van der Waals surface area (Å²) in [5.74, 6) is -1.82. The van der Waals surface area contributed by atoms with Crippen LogP contribution < -0.4 is 10.6 Å². The smallest absolute Gasteiger partial charge is 0.217 e. The number of hydrogen-bond acceptors (Lipinski definition) is 56. The highest BCUT2D eigenvalue weighted by atomic mass is 16.8. The van der Waals surface area contributed by atoms with Crippen LogP contribution in [0.25, 0.3) is 0 Å². The molecule has 55 atom stereocenters. The Labute approximate surface area is 722 Å². The van der Waals surface area contributed by atoms with Gasteiger partial charge in [0.05, 0.1) is 72.7 Å². The predicted octanol–water partition coefficient (Wildman–Crippen LogP) is -24.7. The number of aliphatic hydroxyl groups is 33. The van der Waals surface area contributed by atoms with Crippen molar-refractivity contribution in [2.45, 2.75) is 351 Å². The van der Waals surface area contributed by atoms with Crippen molar-refractivity contribution in [1.82, 2.24) is 10.6 Å². The van der Waals surface area contributed by atoms with Gasteiger partial charge in [-0.1, -0.05) is 0 Å². The molecule has 0 bridgehead atoms. The predicted molar refractivity (Wildman–Crippen MR) is 386 cm³/mol. The van der Waals surface area contributed by atoms with Crippen LogP contribution in [0.5, 0.6) is 0 Å². The number of ether oxygens (including phenoxy) is 21. The summed E-state index contributed by atoms with van der Waals surface area (Å²) in [6, 6.07) is -3.70. The van der Waals surface area contributed by atoms with Gasteiger partial charge in [-0.25, -0.2) is 0 Å². The first kappa shape index (κ1) is 105. The Balaban J connectivity index is 0.942. The highest BCUT2D eigenvalue weighted by molar-refractivity contribution is 5.73. The lowest BCUT2D eigenvalue weighted by Gasteiger charge is -2.51. The van der Waals surface area contributed by atoms with Crippen molar-refractivity contribution in [2.24, 2.45) is 0 Å². The molecule has 58 heteroatoms. The van der Waals surface area contributed by atoms with E-state index >= 15 is 0 Å². The zero-order valence-corrected chi connectivity index (χ0v) is 67.7. The molecule has 35 N–H and O–H groups in total. The second-order valence-electron chi connectivity index (χ2n) is 32.3. The molecule has 58 nitrogen and oxygen atoms in total. The molecule has 11 aliphatic heterocycles. The molecule has 11 heterocycles. The van der Waals surface area contributed by atoms with Crippen LogP contribution in [-0.2, 0) is 109 Å². The van der Waals surface area contributed by atoms with Crippen molar-refractivity contribution >= 4 is 11.8 Å².